The summed E-state index contributed by atoms with van der Waals surface area (Å²) in [6, 6.07) is 10.1. The highest BCUT2D eigenvalue weighted by Crippen LogP contribution is 2.16. The van der Waals surface area contributed by atoms with Crippen molar-refractivity contribution in [2.75, 3.05) is 19.6 Å². The van der Waals surface area contributed by atoms with Crippen LogP contribution in [0.4, 0.5) is 0 Å². The van der Waals surface area contributed by atoms with Gasteiger partial charge in [-0.3, -0.25) is 4.79 Å². The van der Waals surface area contributed by atoms with Crippen LogP contribution in [0.2, 0.25) is 0 Å². The number of thiophene rings is 1. The molecule has 134 valence electrons. The highest BCUT2D eigenvalue weighted by atomic mass is 32.2. The minimum absolute atomic E-state index is 0.0819. The molecular weight excluding hydrogens is 358 g/mol. The first-order valence-corrected chi connectivity index (χ1v) is 10.5. The first-order valence-electron chi connectivity index (χ1n) is 8.11. The molecule has 1 amide bonds. The molecule has 1 atom stereocenters. The molecule has 1 aromatic heterocycles. The largest absolute Gasteiger partial charge is 0.333 e. The van der Waals surface area contributed by atoms with Crippen molar-refractivity contribution in [1.82, 2.24) is 14.9 Å². The molecule has 0 unspecified atom stereocenters. The van der Waals surface area contributed by atoms with Crippen molar-refractivity contribution in [3.05, 3.63) is 52.2 Å². The third kappa shape index (κ3) is 4.27. The van der Waals surface area contributed by atoms with Crippen LogP contribution in [-0.2, 0) is 16.6 Å². The Kier molecular flexibility index (Phi) is 5.53. The number of hydrogen-bond acceptors (Lipinski definition) is 5. The zero-order valence-electron chi connectivity index (χ0n) is 13.9. The van der Waals surface area contributed by atoms with Crippen LogP contribution < -0.4 is 10.0 Å². The van der Waals surface area contributed by atoms with Crippen molar-refractivity contribution in [2.45, 2.75) is 24.4 Å². The van der Waals surface area contributed by atoms with Crippen molar-refractivity contribution >= 4 is 27.3 Å². The predicted molar refractivity (Wildman–Crippen MR) is 98.2 cm³/mol. The fraction of sp³-hybridized carbons (Fsp3) is 0.353. The lowest BCUT2D eigenvalue weighted by molar-refractivity contribution is 0.0655. The van der Waals surface area contributed by atoms with Crippen molar-refractivity contribution in [2.24, 2.45) is 0 Å². The average molecular weight is 380 g/mol. The maximum absolute atomic E-state index is 12.7. The van der Waals surface area contributed by atoms with E-state index < -0.39 is 10.0 Å². The van der Waals surface area contributed by atoms with E-state index in [1.165, 1.54) is 23.5 Å². The monoisotopic (exact) mass is 379 g/mol. The van der Waals surface area contributed by atoms with Gasteiger partial charge >= 0.3 is 0 Å². The summed E-state index contributed by atoms with van der Waals surface area (Å²) in [5.74, 6) is -0.135. The van der Waals surface area contributed by atoms with E-state index in [1.807, 2.05) is 24.4 Å². The Morgan fingerprint density at radius 2 is 2.20 bits per heavy atom. The first kappa shape index (κ1) is 18.1. The third-order valence-electron chi connectivity index (χ3n) is 4.17. The predicted octanol–water partition coefficient (Wildman–Crippen LogP) is 1.66. The minimum atomic E-state index is -3.66. The van der Waals surface area contributed by atoms with Gasteiger partial charge in [-0.1, -0.05) is 12.1 Å². The Morgan fingerprint density at radius 1 is 1.36 bits per heavy atom. The lowest BCUT2D eigenvalue weighted by Gasteiger charge is -2.34. The molecule has 2 aromatic rings. The Balaban J connectivity index is 1.77. The quantitative estimate of drug-likeness (QED) is 0.828. The van der Waals surface area contributed by atoms with Gasteiger partial charge in [0.1, 0.15) is 0 Å². The van der Waals surface area contributed by atoms with E-state index >= 15 is 0 Å². The summed E-state index contributed by atoms with van der Waals surface area (Å²) in [6.07, 6.45) is 0. The van der Waals surface area contributed by atoms with Gasteiger partial charge in [-0.05, 0) is 36.6 Å². The highest BCUT2D eigenvalue weighted by Gasteiger charge is 2.25. The van der Waals surface area contributed by atoms with Gasteiger partial charge in [-0.25, -0.2) is 13.1 Å². The molecule has 1 fully saturated rings. The van der Waals surface area contributed by atoms with Crippen LogP contribution in [0.25, 0.3) is 0 Å². The summed E-state index contributed by atoms with van der Waals surface area (Å²) in [4.78, 5) is 15.5. The molecular formula is C17H21N3O3S2. The SMILES string of the molecule is C[C@H]1CNCCN1C(=O)c1cccc(S(=O)(=O)NCc2cccs2)c1. The van der Waals surface area contributed by atoms with E-state index in [2.05, 4.69) is 10.0 Å². The van der Waals surface area contributed by atoms with Crippen molar-refractivity contribution in [3.63, 3.8) is 0 Å². The van der Waals surface area contributed by atoms with E-state index in [-0.39, 0.29) is 23.4 Å². The van der Waals surface area contributed by atoms with Gasteiger partial charge in [0.05, 0.1) is 4.90 Å². The van der Waals surface area contributed by atoms with Crippen LogP contribution in [0.15, 0.2) is 46.7 Å². The molecule has 1 aromatic carbocycles. The van der Waals surface area contributed by atoms with E-state index in [1.54, 1.807) is 17.0 Å². The summed E-state index contributed by atoms with van der Waals surface area (Å²) in [7, 11) is -3.66. The number of sulfonamides is 1. The number of piperazine rings is 1. The average Bonchev–Trinajstić information content (AvgIpc) is 3.14. The molecule has 2 heterocycles. The fourth-order valence-electron chi connectivity index (χ4n) is 2.77. The summed E-state index contributed by atoms with van der Waals surface area (Å²) in [5.41, 5.74) is 0.396. The molecule has 0 aliphatic carbocycles. The molecule has 1 saturated heterocycles. The summed E-state index contributed by atoms with van der Waals surface area (Å²) >= 11 is 1.49. The smallest absolute Gasteiger partial charge is 0.254 e. The molecule has 2 N–H and O–H groups in total. The number of benzene rings is 1. The second-order valence-electron chi connectivity index (χ2n) is 5.98. The van der Waals surface area contributed by atoms with Crippen LogP contribution in [-0.4, -0.2) is 44.9 Å². The van der Waals surface area contributed by atoms with E-state index in [4.69, 9.17) is 0 Å². The number of hydrogen-bond donors (Lipinski definition) is 2. The van der Waals surface area contributed by atoms with Gasteiger partial charge in [0.2, 0.25) is 10.0 Å². The second-order valence-corrected chi connectivity index (χ2v) is 8.78. The Bertz CT molecular complexity index is 835. The minimum Gasteiger partial charge on any atom is -0.333 e. The lowest BCUT2D eigenvalue weighted by Crippen LogP contribution is -2.52. The second kappa shape index (κ2) is 7.65. The van der Waals surface area contributed by atoms with E-state index in [0.29, 0.717) is 12.1 Å². The number of nitrogens with zero attached hydrogens (tertiary/aromatic N) is 1. The molecule has 8 heteroatoms. The summed E-state index contributed by atoms with van der Waals surface area (Å²) < 4.78 is 27.6. The fourth-order valence-corrected chi connectivity index (χ4v) is 4.56. The Morgan fingerprint density at radius 3 is 2.92 bits per heavy atom. The van der Waals surface area contributed by atoms with Gasteiger partial charge < -0.3 is 10.2 Å². The number of carbonyl (C=O) groups excluding carboxylic acids is 1. The van der Waals surface area contributed by atoms with Crippen LogP contribution in [0, 0.1) is 0 Å². The third-order valence-corrected chi connectivity index (χ3v) is 6.45. The standard InChI is InChI=1S/C17H21N3O3S2/c1-13-11-18-7-8-20(13)17(21)14-4-2-6-16(10-14)25(22,23)19-12-15-5-3-9-24-15/h2-6,9-10,13,18-19H,7-8,11-12H2,1H3/t13-/m0/s1. The summed E-state index contributed by atoms with van der Waals surface area (Å²) in [6.45, 7) is 4.33. The van der Waals surface area contributed by atoms with Crippen molar-refractivity contribution in [1.29, 1.82) is 0 Å². The van der Waals surface area contributed by atoms with Gasteiger partial charge in [0.15, 0.2) is 0 Å². The van der Waals surface area contributed by atoms with Gasteiger partial charge in [-0.2, -0.15) is 0 Å². The van der Waals surface area contributed by atoms with Crippen LogP contribution in [0.5, 0.6) is 0 Å². The van der Waals surface area contributed by atoms with Gasteiger partial charge in [-0.15, -0.1) is 11.3 Å². The van der Waals surface area contributed by atoms with E-state index in [0.717, 1.165) is 18.0 Å². The first-order chi connectivity index (χ1) is 12.0. The summed E-state index contributed by atoms with van der Waals surface area (Å²) in [5, 5.41) is 5.14. The molecule has 3 rings (SSSR count). The lowest BCUT2D eigenvalue weighted by atomic mass is 10.1. The Labute approximate surface area is 151 Å². The Hall–Kier alpha value is -1.74. The van der Waals surface area contributed by atoms with Crippen molar-refractivity contribution in [3.8, 4) is 0 Å². The highest BCUT2D eigenvalue weighted by molar-refractivity contribution is 7.89. The number of nitrogens with one attached hydrogen (secondary N) is 2. The topological polar surface area (TPSA) is 78.5 Å². The number of amides is 1. The molecule has 6 nitrogen and oxygen atoms in total. The van der Waals surface area contributed by atoms with Crippen molar-refractivity contribution < 1.29 is 13.2 Å². The maximum Gasteiger partial charge on any atom is 0.254 e. The zero-order valence-corrected chi connectivity index (χ0v) is 15.6. The normalized spacial score (nSPS) is 18.3. The van der Waals surface area contributed by atoms with Crippen LogP contribution in [0.1, 0.15) is 22.2 Å². The molecule has 1 aliphatic rings. The van der Waals surface area contributed by atoms with E-state index in [9.17, 15) is 13.2 Å². The molecule has 0 spiro atoms. The van der Waals surface area contributed by atoms with Crippen LogP contribution >= 0.6 is 11.3 Å². The van der Waals surface area contributed by atoms with Gasteiger partial charge in [0, 0.05) is 42.7 Å². The number of carbonyl (C=O) groups is 1. The molecule has 0 radical (unpaired) electrons. The molecule has 25 heavy (non-hydrogen) atoms. The van der Waals surface area contributed by atoms with Crippen LogP contribution in [0.3, 0.4) is 0 Å². The number of rotatable bonds is 5. The zero-order chi connectivity index (χ0) is 17.9. The maximum atomic E-state index is 12.7. The molecule has 1 aliphatic heterocycles. The molecule has 0 saturated carbocycles. The molecule has 0 bridgehead atoms. The van der Waals surface area contributed by atoms with Gasteiger partial charge in [0.25, 0.3) is 5.91 Å².